The number of nitrogens with one attached hydrogen (secondary N) is 1. The fourth-order valence-electron chi connectivity index (χ4n) is 0.937. The van der Waals surface area contributed by atoms with Crippen LogP contribution in [0.2, 0.25) is 0 Å². The normalized spacial score (nSPS) is 12.4. The van der Waals surface area contributed by atoms with E-state index in [4.69, 9.17) is 11.1 Å². The van der Waals surface area contributed by atoms with Crippen LogP contribution in [-0.2, 0) is 17.3 Å². The summed E-state index contributed by atoms with van der Waals surface area (Å²) in [4.78, 5) is 0.778. The second-order valence-electron chi connectivity index (χ2n) is 2.69. The van der Waals surface area contributed by atoms with Crippen LogP contribution in [0.5, 0.6) is 0 Å². The predicted octanol–water partition coefficient (Wildman–Crippen LogP) is -0.353. The molecule has 1 heterocycles. The van der Waals surface area contributed by atoms with Gasteiger partial charge < -0.3 is 5.73 Å². The third kappa shape index (κ3) is 2.95. The van der Waals surface area contributed by atoms with Crippen molar-refractivity contribution in [2.45, 2.75) is 11.4 Å². The van der Waals surface area contributed by atoms with Crippen molar-refractivity contribution in [3.63, 3.8) is 0 Å². The van der Waals surface area contributed by atoms with Crippen LogP contribution in [0.25, 0.3) is 0 Å². The number of hydrogen-bond donors (Lipinski definition) is 2. The predicted molar refractivity (Wildman–Crippen MR) is 50.9 cm³/mol. The average Bonchev–Trinajstić information content (AvgIpc) is 2.04. The Labute approximate surface area is 79.4 Å². The highest BCUT2D eigenvalue weighted by atomic mass is 32.2. The third-order valence-corrected chi connectivity index (χ3v) is 2.48. The van der Waals surface area contributed by atoms with E-state index in [-0.39, 0.29) is 5.84 Å². The fraction of sp³-hybridized carbons (Fsp3) is 0.250. The van der Waals surface area contributed by atoms with Gasteiger partial charge >= 0.3 is 0 Å². The molecule has 13 heavy (non-hydrogen) atoms. The second kappa shape index (κ2) is 4.13. The molecule has 0 bridgehead atoms. The Hall–Kier alpha value is -1.23. The van der Waals surface area contributed by atoms with Crippen LogP contribution < -0.4 is 10.3 Å². The minimum absolute atomic E-state index is 0.107. The minimum atomic E-state index is -0.948. The van der Waals surface area contributed by atoms with Crippen LogP contribution in [0.4, 0.5) is 0 Å². The summed E-state index contributed by atoms with van der Waals surface area (Å²) in [6, 6.07) is 3.53. The molecule has 0 saturated carbocycles. The molecular formula is C8H12N3OS+. The molecule has 0 radical (unpaired) electrons. The van der Waals surface area contributed by atoms with Gasteiger partial charge in [0, 0.05) is 18.4 Å². The summed E-state index contributed by atoms with van der Waals surface area (Å²) in [6.07, 6.45) is 5.15. The van der Waals surface area contributed by atoms with Gasteiger partial charge in [0.2, 0.25) is 6.54 Å². The highest BCUT2D eigenvalue weighted by Gasteiger charge is 2.03. The van der Waals surface area contributed by atoms with E-state index in [0.29, 0.717) is 6.54 Å². The van der Waals surface area contributed by atoms with Crippen LogP contribution in [0, 0.1) is 5.41 Å². The monoisotopic (exact) mass is 198 g/mol. The van der Waals surface area contributed by atoms with Gasteiger partial charge in [-0.25, -0.2) is 0 Å². The summed E-state index contributed by atoms with van der Waals surface area (Å²) in [6.45, 7) is 0.372. The third-order valence-electron chi connectivity index (χ3n) is 1.55. The van der Waals surface area contributed by atoms with Gasteiger partial charge in [0.1, 0.15) is 0 Å². The molecule has 1 aromatic rings. The highest BCUT2D eigenvalue weighted by molar-refractivity contribution is 7.84. The lowest BCUT2D eigenvalue weighted by Crippen LogP contribution is -2.39. The number of pyridine rings is 1. The van der Waals surface area contributed by atoms with Crippen LogP contribution in [0.15, 0.2) is 29.4 Å². The van der Waals surface area contributed by atoms with Crippen LogP contribution >= 0.6 is 0 Å². The van der Waals surface area contributed by atoms with Crippen molar-refractivity contribution in [3.05, 3.63) is 24.5 Å². The van der Waals surface area contributed by atoms with E-state index in [1.54, 1.807) is 35.3 Å². The zero-order valence-corrected chi connectivity index (χ0v) is 8.17. The molecule has 1 unspecified atom stereocenters. The first kappa shape index (κ1) is 9.85. The zero-order valence-electron chi connectivity index (χ0n) is 7.36. The Morgan fingerprint density at radius 3 is 2.54 bits per heavy atom. The van der Waals surface area contributed by atoms with Crippen molar-refractivity contribution in [1.29, 1.82) is 5.41 Å². The van der Waals surface area contributed by atoms with Gasteiger partial charge in [-0.1, -0.05) is 0 Å². The van der Waals surface area contributed by atoms with E-state index < -0.39 is 10.8 Å². The Morgan fingerprint density at radius 1 is 1.62 bits per heavy atom. The second-order valence-corrected chi connectivity index (χ2v) is 4.07. The van der Waals surface area contributed by atoms with Gasteiger partial charge in [-0.15, -0.1) is 0 Å². The SMILES string of the molecule is CS(=O)c1cc[n+](CC(=N)N)cc1. The lowest BCUT2D eigenvalue weighted by molar-refractivity contribution is -0.682. The minimum Gasteiger partial charge on any atom is -0.382 e. The van der Waals surface area contributed by atoms with E-state index >= 15 is 0 Å². The topological polar surface area (TPSA) is 70.8 Å². The molecule has 0 spiro atoms. The average molecular weight is 198 g/mol. The lowest BCUT2D eigenvalue weighted by Gasteiger charge is -1.96. The molecule has 0 aliphatic heterocycles. The Morgan fingerprint density at radius 2 is 2.15 bits per heavy atom. The highest BCUT2D eigenvalue weighted by Crippen LogP contribution is 1.99. The summed E-state index contributed by atoms with van der Waals surface area (Å²) < 4.78 is 12.8. The summed E-state index contributed by atoms with van der Waals surface area (Å²) in [5.41, 5.74) is 5.22. The van der Waals surface area contributed by atoms with Crippen molar-refractivity contribution >= 4 is 16.6 Å². The molecule has 5 heteroatoms. The van der Waals surface area contributed by atoms with Gasteiger partial charge in [0.15, 0.2) is 18.2 Å². The molecule has 0 amide bonds. The van der Waals surface area contributed by atoms with Crippen molar-refractivity contribution in [2.24, 2.45) is 5.73 Å². The van der Waals surface area contributed by atoms with Gasteiger partial charge in [0.05, 0.1) is 15.7 Å². The molecule has 0 aromatic carbocycles. The van der Waals surface area contributed by atoms with E-state index in [1.165, 1.54) is 0 Å². The van der Waals surface area contributed by atoms with Crippen molar-refractivity contribution in [3.8, 4) is 0 Å². The first-order valence-corrected chi connectivity index (χ1v) is 5.31. The standard InChI is InChI=1S/C8H12N3OS/c1-13(12)7-2-4-11(5-3-7)6-8(9)10/h2-5H,6H2,1H3,(H3,9,10)/q+1. The summed E-state index contributed by atoms with van der Waals surface area (Å²) in [5.74, 6) is 0.107. The number of amidine groups is 1. The van der Waals surface area contributed by atoms with E-state index in [2.05, 4.69) is 0 Å². The van der Waals surface area contributed by atoms with Crippen LogP contribution in [-0.4, -0.2) is 16.3 Å². The summed E-state index contributed by atoms with van der Waals surface area (Å²) in [5, 5.41) is 7.07. The van der Waals surface area contributed by atoms with Crippen LogP contribution in [0.1, 0.15) is 0 Å². The number of aromatic nitrogens is 1. The van der Waals surface area contributed by atoms with E-state index in [9.17, 15) is 4.21 Å². The van der Waals surface area contributed by atoms with Gasteiger partial charge in [-0.2, -0.15) is 4.57 Å². The van der Waals surface area contributed by atoms with Gasteiger partial charge in [0.25, 0.3) is 0 Å². The smallest absolute Gasteiger partial charge is 0.204 e. The van der Waals surface area contributed by atoms with E-state index in [0.717, 1.165) is 4.90 Å². The Bertz CT molecular complexity index is 334. The number of rotatable bonds is 3. The van der Waals surface area contributed by atoms with Crippen molar-refractivity contribution < 1.29 is 8.78 Å². The lowest BCUT2D eigenvalue weighted by atomic mass is 10.4. The number of hydrogen-bond acceptors (Lipinski definition) is 2. The summed E-state index contributed by atoms with van der Waals surface area (Å²) in [7, 11) is -0.948. The van der Waals surface area contributed by atoms with Crippen molar-refractivity contribution in [2.75, 3.05) is 6.26 Å². The van der Waals surface area contributed by atoms with Crippen LogP contribution in [0.3, 0.4) is 0 Å². The molecule has 1 aromatic heterocycles. The molecule has 0 aliphatic carbocycles. The maximum absolute atomic E-state index is 11.0. The molecule has 4 nitrogen and oxygen atoms in total. The van der Waals surface area contributed by atoms with Crippen molar-refractivity contribution in [1.82, 2.24) is 0 Å². The quantitative estimate of drug-likeness (QED) is 0.396. The maximum Gasteiger partial charge on any atom is 0.204 e. The first-order chi connectivity index (χ1) is 6.09. The first-order valence-electron chi connectivity index (χ1n) is 3.75. The molecule has 0 saturated heterocycles. The molecule has 0 aliphatic rings. The molecule has 1 rings (SSSR count). The largest absolute Gasteiger partial charge is 0.382 e. The molecular weight excluding hydrogens is 186 g/mol. The Balaban J connectivity index is 2.81. The molecule has 1 atom stereocenters. The molecule has 70 valence electrons. The fourth-order valence-corrected chi connectivity index (χ4v) is 1.44. The van der Waals surface area contributed by atoms with Gasteiger partial charge in [-0.3, -0.25) is 9.62 Å². The maximum atomic E-state index is 11.0. The number of nitrogens with zero attached hydrogens (tertiary/aromatic N) is 1. The number of nitrogens with two attached hydrogens (primary N) is 1. The summed E-state index contributed by atoms with van der Waals surface area (Å²) >= 11 is 0. The van der Waals surface area contributed by atoms with E-state index in [1.807, 2.05) is 0 Å². The molecule has 3 N–H and O–H groups in total. The zero-order chi connectivity index (χ0) is 9.84. The van der Waals surface area contributed by atoms with Gasteiger partial charge in [-0.05, 0) is 0 Å². The molecule has 0 fully saturated rings. The Kier molecular flexibility index (Phi) is 3.13.